The zero-order valence-corrected chi connectivity index (χ0v) is 30.4. The van der Waals surface area contributed by atoms with Gasteiger partial charge >= 0.3 is 0 Å². The molecule has 0 atom stereocenters. The molecular weight excluding hydrogens is 659 g/mol. The molecule has 0 saturated carbocycles. The normalized spacial score (nSPS) is 13.2. The van der Waals surface area contributed by atoms with E-state index in [1.807, 2.05) is 11.3 Å². The maximum Gasteiger partial charge on any atom is 0.0541 e. The number of thiophene rings is 1. The van der Waals surface area contributed by atoms with Crippen molar-refractivity contribution in [1.29, 1.82) is 0 Å². The van der Waals surface area contributed by atoms with Crippen LogP contribution in [0.4, 0.5) is 0 Å². The molecule has 0 bridgehead atoms. The van der Waals surface area contributed by atoms with Crippen LogP contribution in [0.1, 0.15) is 25.0 Å². The van der Waals surface area contributed by atoms with Crippen molar-refractivity contribution >= 4 is 53.3 Å². The first kappa shape index (κ1) is 30.4. The van der Waals surface area contributed by atoms with E-state index in [9.17, 15) is 0 Å². The average Bonchev–Trinajstić information content (AvgIpc) is 3.83. The molecule has 0 amide bonds. The summed E-state index contributed by atoms with van der Waals surface area (Å²) < 4.78 is 5.23. The number of fused-ring (bicyclic) bond motifs is 10. The van der Waals surface area contributed by atoms with E-state index in [4.69, 9.17) is 0 Å². The van der Waals surface area contributed by atoms with Gasteiger partial charge in [-0.3, -0.25) is 0 Å². The van der Waals surface area contributed by atoms with Gasteiger partial charge in [-0.15, -0.1) is 11.3 Å². The second kappa shape index (κ2) is 11.4. The van der Waals surface area contributed by atoms with Gasteiger partial charge in [0.25, 0.3) is 0 Å². The smallest absolute Gasteiger partial charge is 0.0541 e. The molecule has 0 fully saturated rings. The molecule has 0 N–H and O–H groups in total. The van der Waals surface area contributed by atoms with Gasteiger partial charge in [0.15, 0.2) is 0 Å². The summed E-state index contributed by atoms with van der Waals surface area (Å²) in [6, 6.07) is 65.1. The molecule has 2 heterocycles. The SMILES string of the molecule is CC1(C)c2cc(-c3cccc(-n4c5ccc(-c6ccccc6)cc5c5cc(-c6ccccc6)ccc54)c3)ccc2-c2ccc3c(sc4ccccc43)c21. The van der Waals surface area contributed by atoms with Gasteiger partial charge in [-0.25, -0.2) is 0 Å². The fourth-order valence-corrected chi connectivity index (χ4v) is 10.4. The summed E-state index contributed by atoms with van der Waals surface area (Å²) in [5.41, 5.74) is 16.4. The number of nitrogens with zero attached hydrogens (tertiary/aromatic N) is 1. The van der Waals surface area contributed by atoms with Crippen molar-refractivity contribution in [3.8, 4) is 50.2 Å². The van der Waals surface area contributed by atoms with Crippen molar-refractivity contribution in [2.24, 2.45) is 0 Å². The van der Waals surface area contributed by atoms with Crippen LogP contribution in [0, 0.1) is 0 Å². The molecule has 53 heavy (non-hydrogen) atoms. The third kappa shape index (κ3) is 4.56. The Morgan fingerprint density at radius 2 is 0.981 bits per heavy atom. The molecule has 0 saturated heterocycles. The zero-order chi connectivity index (χ0) is 35.3. The molecule has 11 rings (SSSR count). The molecule has 0 spiro atoms. The highest BCUT2D eigenvalue weighted by Gasteiger charge is 2.38. The van der Waals surface area contributed by atoms with Crippen LogP contribution in [0.5, 0.6) is 0 Å². The standard InChI is InChI=1S/C51H35NS/c1-51(2)45-31-37(20-23-39(45)41-24-25-42-40-18-9-10-19-48(40)53-50(42)49(41)51)34-16-11-17-38(28-34)52-46-26-21-35(32-12-5-3-6-13-32)29-43(46)44-30-36(22-27-47(44)52)33-14-7-4-8-15-33/h3-31H,1-2H3. The molecule has 10 aromatic rings. The topological polar surface area (TPSA) is 4.93 Å². The lowest BCUT2D eigenvalue weighted by molar-refractivity contribution is 0.667. The number of rotatable bonds is 4. The molecule has 2 heteroatoms. The number of aromatic nitrogens is 1. The Morgan fingerprint density at radius 3 is 1.68 bits per heavy atom. The van der Waals surface area contributed by atoms with E-state index in [1.165, 1.54) is 97.6 Å². The highest BCUT2D eigenvalue weighted by molar-refractivity contribution is 7.26. The largest absolute Gasteiger partial charge is 0.309 e. The van der Waals surface area contributed by atoms with E-state index in [0.29, 0.717) is 0 Å². The summed E-state index contributed by atoms with van der Waals surface area (Å²) in [5.74, 6) is 0. The Morgan fingerprint density at radius 1 is 0.415 bits per heavy atom. The molecule has 1 aliphatic carbocycles. The maximum absolute atomic E-state index is 2.46. The summed E-state index contributed by atoms with van der Waals surface area (Å²) in [5, 5.41) is 5.25. The Bertz CT molecular complexity index is 2970. The van der Waals surface area contributed by atoms with Crippen LogP contribution >= 0.6 is 11.3 Å². The van der Waals surface area contributed by atoms with Crippen molar-refractivity contribution in [1.82, 2.24) is 4.57 Å². The van der Waals surface area contributed by atoms with Gasteiger partial charge < -0.3 is 4.57 Å². The lowest BCUT2D eigenvalue weighted by atomic mass is 9.81. The Balaban J connectivity index is 1.06. The maximum atomic E-state index is 2.46. The lowest BCUT2D eigenvalue weighted by Gasteiger charge is -2.23. The summed E-state index contributed by atoms with van der Waals surface area (Å²) in [4.78, 5) is 0. The van der Waals surface area contributed by atoms with Crippen LogP contribution in [0.2, 0.25) is 0 Å². The summed E-state index contributed by atoms with van der Waals surface area (Å²) in [7, 11) is 0. The van der Waals surface area contributed by atoms with E-state index in [0.717, 1.165) is 5.69 Å². The van der Waals surface area contributed by atoms with Gasteiger partial charge in [-0.1, -0.05) is 141 Å². The second-order valence-corrected chi connectivity index (χ2v) is 16.0. The first-order valence-electron chi connectivity index (χ1n) is 18.4. The monoisotopic (exact) mass is 693 g/mol. The fourth-order valence-electron chi connectivity index (χ4n) is 8.99. The van der Waals surface area contributed by atoms with Gasteiger partial charge in [0, 0.05) is 42.0 Å². The first-order chi connectivity index (χ1) is 26.0. The Hall–Kier alpha value is -6.22. The predicted octanol–water partition coefficient (Wildman–Crippen LogP) is 14.5. The summed E-state index contributed by atoms with van der Waals surface area (Å²) in [6.45, 7) is 4.82. The van der Waals surface area contributed by atoms with E-state index < -0.39 is 0 Å². The molecule has 0 unspecified atom stereocenters. The quantitative estimate of drug-likeness (QED) is 0.173. The average molecular weight is 694 g/mol. The summed E-state index contributed by atoms with van der Waals surface area (Å²) >= 11 is 1.94. The van der Waals surface area contributed by atoms with Gasteiger partial charge in [-0.05, 0) is 104 Å². The zero-order valence-electron chi connectivity index (χ0n) is 29.6. The minimum absolute atomic E-state index is 0.113. The minimum atomic E-state index is -0.113. The van der Waals surface area contributed by atoms with E-state index in [2.05, 4.69) is 194 Å². The third-order valence-electron chi connectivity index (χ3n) is 11.6. The number of hydrogen-bond acceptors (Lipinski definition) is 1. The first-order valence-corrected chi connectivity index (χ1v) is 19.2. The predicted molar refractivity (Wildman–Crippen MR) is 228 cm³/mol. The highest BCUT2D eigenvalue weighted by Crippen LogP contribution is 2.54. The van der Waals surface area contributed by atoms with Crippen molar-refractivity contribution in [2.45, 2.75) is 19.3 Å². The third-order valence-corrected chi connectivity index (χ3v) is 12.8. The Kier molecular flexibility index (Phi) is 6.53. The molecular formula is C51H35NS. The fraction of sp³-hybridized carbons (Fsp3) is 0.0588. The van der Waals surface area contributed by atoms with Crippen LogP contribution < -0.4 is 0 Å². The minimum Gasteiger partial charge on any atom is -0.309 e. The van der Waals surface area contributed by atoms with Crippen molar-refractivity contribution in [3.63, 3.8) is 0 Å². The molecule has 8 aromatic carbocycles. The van der Waals surface area contributed by atoms with E-state index in [1.54, 1.807) is 0 Å². The molecule has 1 nitrogen and oxygen atoms in total. The highest BCUT2D eigenvalue weighted by atomic mass is 32.1. The van der Waals surface area contributed by atoms with E-state index in [-0.39, 0.29) is 5.41 Å². The van der Waals surface area contributed by atoms with Gasteiger partial charge in [0.1, 0.15) is 0 Å². The van der Waals surface area contributed by atoms with Crippen LogP contribution in [0.3, 0.4) is 0 Å². The number of hydrogen-bond donors (Lipinski definition) is 0. The molecule has 250 valence electrons. The van der Waals surface area contributed by atoms with Crippen LogP contribution in [0.15, 0.2) is 176 Å². The molecule has 0 aliphatic heterocycles. The van der Waals surface area contributed by atoms with Crippen molar-refractivity contribution < 1.29 is 0 Å². The van der Waals surface area contributed by atoms with Crippen LogP contribution in [0.25, 0.3) is 92.2 Å². The van der Waals surface area contributed by atoms with Gasteiger partial charge in [-0.2, -0.15) is 0 Å². The van der Waals surface area contributed by atoms with Crippen LogP contribution in [-0.2, 0) is 5.41 Å². The lowest BCUT2D eigenvalue weighted by Crippen LogP contribution is -2.15. The Labute approximate surface area is 313 Å². The second-order valence-electron chi connectivity index (χ2n) is 14.9. The van der Waals surface area contributed by atoms with Gasteiger partial charge in [0.2, 0.25) is 0 Å². The van der Waals surface area contributed by atoms with Crippen molar-refractivity contribution in [2.75, 3.05) is 0 Å². The van der Waals surface area contributed by atoms with Gasteiger partial charge in [0.05, 0.1) is 11.0 Å². The molecule has 0 radical (unpaired) electrons. The molecule has 2 aromatic heterocycles. The van der Waals surface area contributed by atoms with Crippen LogP contribution in [-0.4, -0.2) is 4.57 Å². The van der Waals surface area contributed by atoms with Crippen molar-refractivity contribution in [3.05, 3.63) is 187 Å². The molecule has 1 aliphatic rings. The van der Waals surface area contributed by atoms with E-state index >= 15 is 0 Å². The summed E-state index contributed by atoms with van der Waals surface area (Å²) in [6.07, 6.45) is 0. The number of benzene rings is 8.